The van der Waals surface area contributed by atoms with E-state index in [9.17, 15) is 13.6 Å². The summed E-state index contributed by atoms with van der Waals surface area (Å²) in [6.07, 6.45) is 3.25. The summed E-state index contributed by atoms with van der Waals surface area (Å²) in [5.41, 5.74) is 0.909. The van der Waals surface area contributed by atoms with Gasteiger partial charge in [0.05, 0.1) is 6.54 Å². The van der Waals surface area contributed by atoms with Gasteiger partial charge >= 0.3 is 6.61 Å². The lowest BCUT2D eigenvalue weighted by atomic mass is 10.2. The molecule has 0 N–H and O–H groups in total. The van der Waals surface area contributed by atoms with E-state index in [1.807, 2.05) is 0 Å². The van der Waals surface area contributed by atoms with Crippen LogP contribution in [0, 0.1) is 0 Å². The topological polar surface area (TPSA) is 48.5 Å². The van der Waals surface area contributed by atoms with E-state index in [1.54, 1.807) is 34.9 Å². The first kappa shape index (κ1) is 13.3. The summed E-state index contributed by atoms with van der Waals surface area (Å²) >= 11 is 0. The van der Waals surface area contributed by atoms with Gasteiger partial charge in [-0.05, 0) is 29.8 Å². The number of hydrogen-bond acceptors (Lipinski definition) is 3. The van der Waals surface area contributed by atoms with Crippen molar-refractivity contribution in [2.75, 3.05) is 0 Å². The van der Waals surface area contributed by atoms with E-state index in [0.717, 1.165) is 0 Å². The van der Waals surface area contributed by atoms with E-state index >= 15 is 0 Å². The minimum Gasteiger partial charge on any atom is -0.435 e. The fourth-order valence-electron chi connectivity index (χ4n) is 2.08. The van der Waals surface area contributed by atoms with Crippen molar-refractivity contribution in [3.8, 4) is 5.75 Å². The van der Waals surface area contributed by atoms with Crippen LogP contribution in [0.15, 0.2) is 53.7 Å². The van der Waals surface area contributed by atoms with E-state index in [4.69, 9.17) is 0 Å². The summed E-state index contributed by atoms with van der Waals surface area (Å²) in [5, 5.41) is 4.04. The lowest BCUT2D eigenvalue weighted by Gasteiger charge is -2.08. The van der Waals surface area contributed by atoms with Crippen LogP contribution in [0.3, 0.4) is 0 Å². The maximum absolute atomic E-state index is 12.2. The van der Waals surface area contributed by atoms with Gasteiger partial charge in [-0.25, -0.2) is 4.68 Å². The molecular weight excluding hydrogens is 280 g/mol. The van der Waals surface area contributed by atoms with Crippen molar-refractivity contribution < 1.29 is 13.5 Å². The number of fused-ring (bicyclic) bond motifs is 1. The highest BCUT2D eigenvalue weighted by molar-refractivity contribution is 5.44. The van der Waals surface area contributed by atoms with E-state index in [1.165, 1.54) is 23.1 Å². The Morgan fingerprint density at radius 1 is 1.24 bits per heavy atom. The molecule has 0 saturated heterocycles. The SMILES string of the molecule is O=c1c2cccn2cnn1Cc1cccc(OC(F)F)c1. The van der Waals surface area contributed by atoms with Gasteiger partial charge in [-0.2, -0.15) is 13.9 Å². The molecule has 0 aliphatic rings. The van der Waals surface area contributed by atoms with Crippen molar-refractivity contribution >= 4 is 5.52 Å². The zero-order chi connectivity index (χ0) is 14.8. The molecule has 108 valence electrons. The summed E-state index contributed by atoms with van der Waals surface area (Å²) in [6.45, 7) is -2.70. The molecule has 0 amide bonds. The highest BCUT2D eigenvalue weighted by Crippen LogP contribution is 2.16. The summed E-state index contributed by atoms with van der Waals surface area (Å²) in [4.78, 5) is 12.2. The number of alkyl halides is 2. The van der Waals surface area contributed by atoms with Gasteiger partial charge in [0.25, 0.3) is 5.56 Å². The molecule has 3 aromatic rings. The predicted octanol–water partition coefficient (Wildman–Crippen LogP) is 2.15. The van der Waals surface area contributed by atoms with Crippen LogP contribution in [-0.4, -0.2) is 20.8 Å². The van der Waals surface area contributed by atoms with E-state index in [-0.39, 0.29) is 17.9 Å². The summed E-state index contributed by atoms with van der Waals surface area (Å²) in [6, 6.07) is 9.64. The molecule has 5 nitrogen and oxygen atoms in total. The third-order valence-electron chi connectivity index (χ3n) is 3.00. The first-order chi connectivity index (χ1) is 10.1. The average Bonchev–Trinajstić information content (AvgIpc) is 2.91. The van der Waals surface area contributed by atoms with Crippen LogP contribution in [0.4, 0.5) is 8.78 Å². The standard InChI is InChI=1S/C14H11F2N3O2/c15-14(16)21-11-4-1-3-10(7-11)8-19-13(20)12-5-2-6-18(12)9-17-19/h1-7,9,14H,8H2. The van der Waals surface area contributed by atoms with Crippen LogP contribution >= 0.6 is 0 Å². The monoisotopic (exact) mass is 291 g/mol. The van der Waals surface area contributed by atoms with Gasteiger partial charge < -0.3 is 9.14 Å². The quantitative estimate of drug-likeness (QED) is 0.740. The van der Waals surface area contributed by atoms with E-state index < -0.39 is 6.61 Å². The molecule has 21 heavy (non-hydrogen) atoms. The van der Waals surface area contributed by atoms with Gasteiger partial charge in [0.15, 0.2) is 0 Å². The Hall–Kier alpha value is -2.70. The molecule has 0 unspecified atom stereocenters. The third kappa shape index (κ3) is 2.76. The molecular formula is C14H11F2N3O2. The van der Waals surface area contributed by atoms with Crippen LogP contribution in [-0.2, 0) is 6.54 Å². The molecule has 0 atom stereocenters. The Balaban J connectivity index is 1.91. The highest BCUT2D eigenvalue weighted by atomic mass is 19.3. The number of nitrogens with zero attached hydrogens (tertiary/aromatic N) is 3. The second-order valence-corrected chi connectivity index (χ2v) is 4.42. The molecule has 0 spiro atoms. The molecule has 0 aliphatic carbocycles. The van der Waals surface area contributed by atoms with Crippen molar-refractivity contribution in [3.63, 3.8) is 0 Å². The van der Waals surface area contributed by atoms with Gasteiger partial charge in [0, 0.05) is 6.20 Å². The van der Waals surface area contributed by atoms with Crippen molar-refractivity contribution in [3.05, 3.63) is 64.8 Å². The van der Waals surface area contributed by atoms with E-state index in [2.05, 4.69) is 9.84 Å². The molecule has 0 radical (unpaired) electrons. The lowest BCUT2D eigenvalue weighted by molar-refractivity contribution is -0.0498. The first-order valence-electron chi connectivity index (χ1n) is 6.20. The van der Waals surface area contributed by atoms with Crippen LogP contribution in [0.25, 0.3) is 5.52 Å². The Morgan fingerprint density at radius 2 is 2.10 bits per heavy atom. The van der Waals surface area contributed by atoms with Gasteiger partial charge in [0.2, 0.25) is 0 Å². The average molecular weight is 291 g/mol. The number of ether oxygens (including phenoxy) is 1. The van der Waals surface area contributed by atoms with Crippen molar-refractivity contribution in [2.24, 2.45) is 0 Å². The van der Waals surface area contributed by atoms with Gasteiger partial charge in [-0.15, -0.1) is 0 Å². The Morgan fingerprint density at radius 3 is 2.90 bits per heavy atom. The molecule has 1 aromatic carbocycles. The molecule has 2 heterocycles. The van der Waals surface area contributed by atoms with Gasteiger partial charge in [-0.3, -0.25) is 4.79 Å². The molecule has 0 fully saturated rings. The maximum Gasteiger partial charge on any atom is 0.387 e. The smallest absolute Gasteiger partial charge is 0.387 e. The zero-order valence-corrected chi connectivity index (χ0v) is 10.8. The second kappa shape index (κ2) is 5.35. The summed E-state index contributed by atoms with van der Waals surface area (Å²) in [5.74, 6) is 0.0549. The Kier molecular flexibility index (Phi) is 3.39. The van der Waals surface area contributed by atoms with Gasteiger partial charge in [0.1, 0.15) is 17.6 Å². The summed E-state index contributed by atoms with van der Waals surface area (Å²) in [7, 11) is 0. The first-order valence-corrected chi connectivity index (χ1v) is 6.20. The van der Waals surface area contributed by atoms with Gasteiger partial charge in [-0.1, -0.05) is 12.1 Å². The number of benzene rings is 1. The maximum atomic E-state index is 12.2. The molecule has 2 aromatic heterocycles. The lowest BCUT2D eigenvalue weighted by Crippen LogP contribution is -2.24. The highest BCUT2D eigenvalue weighted by Gasteiger charge is 2.07. The molecule has 7 heteroatoms. The Labute approximate surface area is 118 Å². The largest absolute Gasteiger partial charge is 0.435 e. The number of halogens is 2. The summed E-state index contributed by atoms with van der Waals surface area (Å²) < 4.78 is 31.6. The number of hydrogen-bond donors (Lipinski definition) is 0. The molecule has 0 bridgehead atoms. The van der Waals surface area contributed by atoms with Crippen LogP contribution < -0.4 is 10.3 Å². The predicted molar refractivity (Wildman–Crippen MR) is 71.6 cm³/mol. The van der Waals surface area contributed by atoms with Crippen molar-refractivity contribution in [1.29, 1.82) is 0 Å². The van der Waals surface area contributed by atoms with Crippen molar-refractivity contribution in [1.82, 2.24) is 14.2 Å². The fraction of sp³-hybridized carbons (Fsp3) is 0.143. The van der Waals surface area contributed by atoms with Crippen molar-refractivity contribution in [2.45, 2.75) is 13.2 Å². The molecule has 3 rings (SSSR count). The zero-order valence-electron chi connectivity index (χ0n) is 10.8. The van der Waals surface area contributed by atoms with Crippen LogP contribution in [0.5, 0.6) is 5.75 Å². The van der Waals surface area contributed by atoms with Crippen LogP contribution in [0.1, 0.15) is 5.56 Å². The molecule has 0 saturated carbocycles. The second-order valence-electron chi connectivity index (χ2n) is 4.42. The Bertz CT molecular complexity index is 826. The minimum absolute atomic E-state index is 0.0549. The third-order valence-corrected chi connectivity index (χ3v) is 3.00. The normalized spacial score (nSPS) is 11.2. The molecule has 0 aliphatic heterocycles. The van der Waals surface area contributed by atoms with E-state index in [0.29, 0.717) is 11.1 Å². The van der Waals surface area contributed by atoms with Crippen LogP contribution in [0.2, 0.25) is 0 Å². The minimum atomic E-state index is -2.88. The number of aromatic nitrogens is 3. The number of rotatable bonds is 4. The fourth-order valence-corrected chi connectivity index (χ4v) is 2.08.